The highest BCUT2D eigenvalue weighted by Gasteiger charge is 2.21. The second kappa shape index (κ2) is 14.9. The Morgan fingerprint density at radius 3 is 2.31 bits per heavy atom. The second-order valence-corrected chi connectivity index (χ2v) is 7.31. The molecule has 1 aliphatic carbocycles. The summed E-state index contributed by atoms with van der Waals surface area (Å²) in [5, 5.41) is 3.52. The van der Waals surface area contributed by atoms with Gasteiger partial charge in [0.15, 0.2) is 5.96 Å². The minimum Gasteiger partial charge on any atom is -0.378 e. The molecule has 0 amide bonds. The molecule has 1 saturated heterocycles. The smallest absolute Gasteiger partial charge is 0.193 e. The van der Waals surface area contributed by atoms with Gasteiger partial charge in [0.2, 0.25) is 0 Å². The van der Waals surface area contributed by atoms with Crippen molar-refractivity contribution in [1.29, 1.82) is 0 Å². The van der Waals surface area contributed by atoms with Gasteiger partial charge in [-0.05, 0) is 51.9 Å². The van der Waals surface area contributed by atoms with Gasteiger partial charge in [0.05, 0.1) is 12.2 Å². The number of nitrogens with one attached hydrogen (secondary N) is 1. The topological polar surface area (TPSA) is 46.1 Å². The van der Waals surface area contributed by atoms with Crippen molar-refractivity contribution in [3.05, 3.63) is 0 Å². The number of nitrogens with zero attached hydrogens (tertiary/aromatic N) is 2. The third-order valence-corrected chi connectivity index (χ3v) is 5.37. The second-order valence-electron chi connectivity index (χ2n) is 7.31. The zero-order chi connectivity index (χ0) is 17.7. The first-order valence-electron chi connectivity index (χ1n) is 10.5. The van der Waals surface area contributed by atoms with E-state index in [4.69, 9.17) is 9.47 Å². The first-order valence-corrected chi connectivity index (χ1v) is 10.5. The highest BCUT2D eigenvalue weighted by molar-refractivity contribution is 14.0. The molecular weight excluding hydrogens is 441 g/mol. The van der Waals surface area contributed by atoms with Crippen LogP contribution in [0.4, 0.5) is 0 Å². The van der Waals surface area contributed by atoms with E-state index in [9.17, 15) is 0 Å². The van der Waals surface area contributed by atoms with Crippen molar-refractivity contribution in [2.45, 2.75) is 83.3 Å². The third-order valence-electron chi connectivity index (χ3n) is 5.37. The zero-order valence-electron chi connectivity index (χ0n) is 16.9. The summed E-state index contributed by atoms with van der Waals surface area (Å²) in [6, 6.07) is 0. The summed E-state index contributed by atoms with van der Waals surface area (Å²) >= 11 is 0. The van der Waals surface area contributed by atoms with Crippen molar-refractivity contribution in [1.82, 2.24) is 10.2 Å². The number of hydrogen-bond donors (Lipinski definition) is 1. The minimum atomic E-state index is 0. The Bertz CT molecular complexity index is 368. The number of ether oxygens (including phenoxy) is 2. The van der Waals surface area contributed by atoms with Crippen molar-refractivity contribution >= 4 is 29.9 Å². The molecule has 0 aromatic rings. The van der Waals surface area contributed by atoms with E-state index >= 15 is 0 Å². The Hall–Kier alpha value is -0.0800. The summed E-state index contributed by atoms with van der Waals surface area (Å²) in [6.45, 7) is 6.92. The van der Waals surface area contributed by atoms with Crippen LogP contribution in [0.2, 0.25) is 0 Å². The molecule has 1 aliphatic heterocycles. The van der Waals surface area contributed by atoms with Crippen LogP contribution < -0.4 is 5.32 Å². The fourth-order valence-electron chi connectivity index (χ4n) is 3.89. The number of piperidine rings is 1. The molecule has 0 unspecified atom stereocenters. The molecule has 26 heavy (non-hydrogen) atoms. The van der Waals surface area contributed by atoms with Gasteiger partial charge in [0.1, 0.15) is 0 Å². The van der Waals surface area contributed by atoms with E-state index in [1.54, 1.807) is 0 Å². The monoisotopic (exact) mass is 481 g/mol. The molecule has 154 valence electrons. The van der Waals surface area contributed by atoms with Crippen molar-refractivity contribution in [2.75, 3.05) is 39.9 Å². The summed E-state index contributed by atoms with van der Waals surface area (Å²) < 4.78 is 11.7. The van der Waals surface area contributed by atoms with E-state index in [2.05, 4.69) is 22.1 Å². The Morgan fingerprint density at radius 1 is 0.962 bits per heavy atom. The van der Waals surface area contributed by atoms with Crippen molar-refractivity contribution in [2.24, 2.45) is 4.99 Å². The number of unbranched alkanes of at least 4 members (excludes halogenated alkanes) is 2. The molecule has 0 aromatic carbocycles. The average molecular weight is 481 g/mol. The van der Waals surface area contributed by atoms with Crippen LogP contribution in [0.5, 0.6) is 0 Å². The molecule has 0 spiro atoms. The van der Waals surface area contributed by atoms with E-state index in [0.29, 0.717) is 12.2 Å². The number of likely N-dealkylation sites (tertiary alicyclic amines) is 1. The molecule has 2 fully saturated rings. The van der Waals surface area contributed by atoms with Crippen LogP contribution in [-0.4, -0.2) is 63.0 Å². The normalized spacial score (nSPS) is 20.1. The van der Waals surface area contributed by atoms with Gasteiger partial charge in [-0.1, -0.05) is 19.3 Å². The predicted octanol–water partition coefficient (Wildman–Crippen LogP) is 4.20. The van der Waals surface area contributed by atoms with E-state index in [0.717, 1.165) is 51.6 Å². The predicted molar refractivity (Wildman–Crippen MR) is 120 cm³/mol. The fourth-order valence-corrected chi connectivity index (χ4v) is 3.89. The molecule has 0 bridgehead atoms. The molecule has 6 heteroatoms. The van der Waals surface area contributed by atoms with Gasteiger partial charge in [-0.25, -0.2) is 0 Å². The van der Waals surface area contributed by atoms with Crippen LogP contribution >= 0.6 is 24.0 Å². The van der Waals surface area contributed by atoms with Gasteiger partial charge in [-0.3, -0.25) is 4.99 Å². The summed E-state index contributed by atoms with van der Waals surface area (Å²) in [5.41, 5.74) is 0. The van der Waals surface area contributed by atoms with E-state index < -0.39 is 0 Å². The molecule has 1 N–H and O–H groups in total. The molecule has 2 rings (SSSR count). The highest BCUT2D eigenvalue weighted by atomic mass is 127. The summed E-state index contributed by atoms with van der Waals surface area (Å²) in [6.07, 6.45) is 13.4. The quantitative estimate of drug-likeness (QED) is 0.232. The maximum absolute atomic E-state index is 5.99. The van der Waals surface area contributed by atoms with Crippen LogP contribution in [0.25, 0.3) is 0 Å². The van der Waals surface area contributed by atoms with Crippen molar-refractivity contribution in [3.8, 4) is 0 Å². The molecule has 1 saturated carbocycles. The lowest BCUT2D eigenvalue weighted by Gasteiger charge is -2.34. The molecule has 1 heterocycles. The molecular formula is C20H40IN3O2. The van der Waals surface area contributed by atoms with Gasteiger partial charge in [0.25, 0.3) is 0 Å². The number of aliphatic imine (C=N–C) groups is 1. The Morgan fingerprint density at radius 2 is 1.65 bits per heavy atom. The molecule has 2 aliphatic rings. The van der Waals surface area contributed by atoms with Gasteiger partial charge in [-0.15, -0.1) is 24.0 Å². The molecule has 0 radical (unpaired) electrons. The third kappa shape index (κ3) is 9.22. The summed E-state index contributed by atoms with van der Waals surface area (Å²) in [7, 11) is 1.88. The Balaban J connectivity index is 0.00000338. The van der Waals surface area contributed by atoms with Crippen LogP contribution in [0.3, 0.4) is 0 Å². The first kappa shape index (κ1) is 24.0. The van der Waals surface area contributed by atoms with Gasteiger partial charge in [-0.2, -0.15) is 0 Å². The number of hydrogen-bond acceptors (Lipinski definition) is 3. The maximum Gasteiger partial charge on any atom is 0.193 e. The van der Waals surface area contributed by atoms with E-state index in [1.165, 1.54) is 51.4 Å². The Kier molecular flexibility index (Phi) is 13.7. The van der Waals surface area contributed by atoms with Crippen molar-refractivity contribution < 1.29 is 9.47 Å². The van der Waals surface area contributed by atoms with Crippen LogP contribution in [0, 0.1) is 0 Å². The number of rotatable bonds is 9. The summed E-state index contributed by atoms with van der Waals surface area (Å²) in [4.78, 5) is 6.81. The van der Waals surface area contributed by atoms with E-state index in [1.807, 2.05) is 7.05 Å². The van der Waals surface area contributed by atoms with Crippen molar-refractivity contribution in [3.63, 3.8) is 0 Å². The standard InChI is InChI=1S/C20H39N3O2.HI/c1-3-24-19-12-15-23(16-13-19)20(21-2)22-14-8-5-9-17-25-18-10-6-4-7-11-18;/h18-19H,3-17H2,1-2H3,(H,21,22);1H. The fraction of sp³-hybridized carbons (Fsp3) is 0.950. The SMILES string of the molecule is CCOC1CCN(C(=NC)NCCCCCOC2CCCCC2)CC1.I. The number of guanidine groups is 1. The molecule has 0 aromatic heterocycles. The van der Waals surface area contributed by atoms with Crippen LogP contribution in [-0.2, 0) is 9.47 Å². The summed E-state index contributed by atoms with van der Waals surface area (Å²) in [5.74, 6) is 1.05. The molecule has 5 nitrogen and oxygen atoms in total. The lowest BCUT2D eigenvalue weighted by molar-refractivity contribution is 0.0261. The zero-order valence-corrected chi connectivity index (χ0v) is 19.2. The highest BCUT2D eigenvalue weighted by Crippen LogP contribution is 2.20. The van der Waals surface area contributed by atoms with Gasteiger partial charge < -0.3 is 19.7 Å². The van der Waals surface area contributed by atoms with Crippen LogP contribution in [0.1, 0.15) is 71.1 Å². The lowest BCUT2D eigenvalue weighted by Crippen LogP contribution is -2.47. The van der Waals surface area contributed by atoms with Crippen LogP contribution in [0.15, 0.2) is 4.99 Å². The lowest BCUT2D eigenvalue weighted by atomic mass is 9.98. The largest absolute Gasteiger partial charge is 0.378 e. The van der Waals surface area contributed by atoms with Gasteiger partial charge in [0, 0.05) is 39.9 Å². The number of halogens is 1. The minimum absolute atomic E-state index is 0. The molecule has 0 atom stereocenters. The first-order chi connectivity index (χ1) is 12.3. The van der Waals surface area contributed by atoms with Gasteiger partial charge >= 0.3 is 0 Å². The Labute approximate surface area is 177 Å². The van der Waals surface area contributed by atoms with E-state index in [-0.39, 0.29) is 24.0 Å². The average Bonchev–Trinajstić information content (AvgIpc) is 2.66. The maximum atomic E-state index is 5.99.